The molecule has 3 rings (SSSR count). The van der Waals surface area contributed by atoms with Crippen molar-refractivity contribution in [1.29, 1.82) is 0 Å². The number of furan rings is 1. The largest absolute Gasteiger partial charge is 0.456 e. The highest BCUT2D eigenvalue weighted by Crippen LogP contribution is 2.29. The minimum Gasteiger partial charge on any atom is -0.456 e. The summed E-state index contributed by atoms with van der Waals surface area (Å²) in [6, 6.07) is 14.5. The topological polar surface area (TPSA) is 16.4 Å². The zero-order valence-electron chi connectivity index (χ0n) is 11.7. The van der Waals surface area contributed by atoms with Crippen molar-refractivity contribution in [3.8, 4) is 0 Å². The maximum Gasteiger partial charge on any atom is 0.135 e. The van der Waals surface area contributed by atoms with Crippen molar-refractivity contribution in [1.82, 2.24) is 4.90 Å². The first-order valence-electron chi connectivity index (χ1n) is 7.06. The first kappa shape index (κ1) is 14.7. The van der Waals surface area contributed by atoms with Crippen LogP contribution in [-0.2, 0) is 6.54 Å². The maximum absolute atomic E-state index is 5.85. The predicted molar refractivity (Wildman–Crippen MR) is 90.4 cm³/mol. The van der Waals surface area contributed by atoms with E-state index in [4.69, 9.17) is 27.6 Å². The van der Waals surface area contributed by atoms with E-state index in [1.165, 1.54) is 10.9 Å². The second-order valence-corrected chi connectivity index (χ2v) is 5.84. The first-order chi connectivity index (χ1) is 10.3. The molecule has 0 atom stereocenters. The Balaban J connectivity index is 1.94. The molecule has 0 saturated heterocycles. The number of fused-ring (bicyclic) bond motifs is 3. The molecule has 4 heteroatoms. The Morgan fingerprint density at radius 1 is 0.857 bits per heavy atom. The molecule has 0 bridgehead atoms. The van der Waals surface area contributed by atoms with Crippen LogP contribution in [0.4, 0.5) is 0 Å². The lowest BCUT2D eigenvalue weighted by molar-refractivity contribution is 0.299. The van der Waals surface area contributed by atoms with E-state index < -0.39 is 0 Å². The highest BCUT2D eigenvalue weighted by molar-refractivity contribution is 6.18. The fraction of sp³-hybridized carbons (Fsp3) is 0.294. The van der Waals surface area contributed by atoms with Gasteiger partial charge in [0.1, 0.15) is 11.2 Å². The summed E-state index contributed by atoms with van der Waals surface area (Å²) >= 11 is 11.7. The van der Waals surface area contributed by atoms with E-state index in [1.807, 2.05) is 24.3 Å². The molecule has 1 aromatic heterocycles. The second kappa shape index (κ2) is 6.69. The third-order valence-corrected chi connectivity index (χ3v) is 3.99. The van der Waals surface area contributed by atoms with Gasteiger partial charge < -0.3 is 4.42 Å². The minimum absolute atomic E-state index is 0.619. The number of rotatable bonds is 6. The van der Waals surface area contributed by atoms with E-state index in [-0.39, 0.29) is 0 Å². The lowest BCUT2D eigenvalue weighted by atomic mass is 10.1. The van der Waals surface area contributed by atoms with Gasteiger partial charge in [-0.2, -0.15) is 0 Å². The minimum atomic E-state index is 0.619. The molecule has 0 unspecified atom stereocenters. The number of benzene rings is 2. The molecule has 0 aliphatic heterocycles. The molecule has 3 aromatic rings. The number of hydrogen-bond acceptors (Lipinski definition) is 2. The van der Waals surface area contributed by atoms with Crippen molar-refractivity contribution in [3.63, 3.8) is 0 Å². The number of halogens is 2. The summed E-state index contributed by atoms with van der Waals surface area (Å²) in [5.74, 6) is 1.24. The lowest BCUT2D eigenvalue weighted by Gasteiger charge is -2.19. The van der Waals surface area contributed by atoms with Crippen LogP contribution in [0.15, 0.2) is 46.9 Å². The van der Waals surface area contributed by atoms with Crippen LogP contribution in [0.3, 0.4) is 0 Å². The summed E-state index contributed by atoms with van der Waals surface area (Å²) in [4.78, 5) is 2.27. The number of hydrogen-bond donors (Lipinski definition) is 0. The Kier molecular flexibility index (Phi) is 4.69. The third kappa shape index (κ3) is 3.18. The molecule has 0 N–H and O–H groups in total. The second-order valence-electron chi connectivity index (χ2n) is 5.08. The average Bonchev–Trinajstić information content (AvgIpc) is 2.86. The summed E-state index contributed by atoms with van der Waals surface area (Å²) in [6.07, 6.45) is 0. The molecule has 0 fully saturated rings. The smallest absolute Gasteiger partial charge is 0.135 e. The van der Waals surface area contributed by atoms with Crippen LogP contribution in [0.1, 0.15) is 5.56 Å². The van der Waals surface area contributed by atoms with Gasteiger partial charge in [-0.1, -0.05) is 24.3 Å². The van der Waals surface area contributed by atoms with Crippen molar-refractivity contribution >= 4 is 45.1 Å². The molecule has 110 valence electrons. The van der Waals surface area contributed by atoms with Gasteiger partial charge >= 0.3 is 0 Å². The molecule has 0 aliphatic carbocycles. The van der Waals surface area contributed by atoms with Crippen LogP contribution >= 0.6 is 23.2 Å². The molecule has 0 radical (unpaired) electrons. The fourth-order valence-electron chi connectivity index (χ4n) is 2.64. The quantitative estimate of drug-likeness (QED) is 0.602. The van der Waals surface area contributed by atoms with Gasteiger partial charge in [-0.15, -0.1) is 23.2 Å². The summed E-state index contributed by atoms with van der Waals surface area (Å²) < 4.78 is 5.85. The van der Waals surface area contributed by atoms with Crippen molar-refractivity contribution in [3.05, 3.63) is 48.0 Å². The van der Waals surface area contributed by atoms with Gasteiger partial charge in [0.2, 0.25) is 0 Å². The molecule has 0 aliphatic rings. The Hall–Kier alpha value is -1.22. The zero-order valence-corrected chi connectivity index (χ0v) is 13.2. The number of nitrogens with zero attached hydrogens (tertiary/aromatic N) is 1. The van der Waals surface area contributed by atoms with Crippen molar-refractivity contribution in [2.45, 2.75) is 6.54 Å². The van der Waals surface area contributed by atoms with Crippen molar-refractivity contribution in [2.75, 3.05) is 24.8 Å². The maximum atomic E-state index is 5.85. The highest BCUT2D eigenvalue weighted by Gasteiger charge is 2.09. The van der Waals surface area contributed by atoms with Gasteiger partial charge in [0.05, 0.1) is 0 Å². The molecule has 2 aromatic carbocycles. The summed E-state index contributed by atoms with van der Waals surface area (Å²) in [5.41, 5.74) is 3.12. The van der Waals surface area contributed by atoms with E-state index >= 15 is 0 Å². The monoisotopic (exact) mass is 321 g/mol. The van der Waals surface area contributed by atoms with Gasteiger partial charge in [-0.25, -0.2) is 0 Å². The zero-order chi connectivity index (χ0) is 14.7. The Bertz CT molecular complexity index is 732. The van der Waals surface area contributed by atoms with Gasteiger partial charge in [0.25, 0.3) is 0 Å². The van der Waals surface area contributed by atoms with Crippen LogP contribution in [0.5, 0.6) is 0 Å². The number of para-hydroxylation sites is 1. The average molecular weight is 322 g/mol. The normalized spacial score (nSPS) is 11.8. The molecule has 0 spiro atoms. The number of alkyl halides is 2. The molecule has 0 amide bonds. The van der Waals surface area contributed by atoms with Gasteiger partial charge in [-0.3, -0.25) is 4.90 Å². The van der Waals surface area contributed by atoms with Crippen LogP contribution in [-0.4, -0.2) is 29.7 Å². The standard InChI is InChI=1S/C17H17Cl2NO/c18-7-9-20(10-8-19)12-13-5-6-17-15(11-13)14-3-1-2-4-16(14)21-17/h1-6,11H,7-10,12H2. The molecule has 0 saturated carbocycles. The van der Waals surface area contributed by atoms with Crippen LogP contribution < -0.4 is 0 Å². The SMILES string of the molecule is ClCCN(CCCl)Cc1ccc2oc3ccccc3c2c1. The molecular formula is C17H17Cl2NO. The summed E-state index contributed by atoms with van der Waals surface area (Å²) in [7, 11) is 0. The Morgan fingerprint density at radius 2 is 1.57 bits per heavy atom. The molecule has 21 heavy (non-hydrogen) atoms. The summed E-state index contributed by atoms with van der Waals surface area (Å²) in [6.45, 7) is 2.55. The van der Waals surface area contributed by atoms with E-state index in [2.05, 4.69) is 23.1 Å². The van der Waals surface area contributed by atoms with Crippen LogP contribution in [0.2, 0.25) is 0 Å². The van der Waals surface area contributed by atoms with E-state index in [1.54, 1.807) is 0 Å². The molecule has 1 heterocycles. The van der Waals surface area contributed by atoms with Crippen LogP contribution in [0, 0.1) is 0 Å². The Morgan fingerprint density at radius 3 is 2.33 bits per heavy atom. The predicted octanol–water partition coefficient (Wildman–Crippen LogP) is 4.87. The molecule has 2 nitrogen and oxygen atoms in total. The third-order valence-electron chi connectivity index (χ3n) is 3.65. The Labute approximate surface area is 134 Å². The van der Waals surface area contributed by atoms with Crippen LogP contribution in [0.25, 0.3) is 21.9 Å². The van der Waals surface area contributed by atoms with Crippen molar-refractivity contribution in [2.24, 2.45) is 0 Å². The van der Waals surface area contributed by atoms with E-state index in [0.717, 1.165) is 36.2 Å². The van der Waals surface area contributed by atoms with E-state index in [0.29, 0.717) is 11.8 Å². The first-order valence-corrected chi connectivity index (χ1v) is 8.13. The van der Waals surface area contributed by atoms with Gasteiger partial charge in [0.15, 0.2) is 0 Å². The van der Waals surface area contributed by atoms with Crippen molar-refractivity contribution < 1.29 is 4.42 Å². The van der Waals surface area contributed by atoms with Gasteiger partial charge in [0, 0.05) is 42.2 Å². The lowest BCUT2D eigenvalue weighted by Crippen LogP contribution is -2.27. The fourth-order valence-corrected chi connectivity index (χ4v) is 3.12. The van der Waals surface area contributed by atoms with E-state index in [9.17, 15) is 0 Å². The molecular weight excluding hydrogens is 305 g/mol. The highest BCUT2D eigenvalue weighted by atomic mass is 35.5. The summed E-state index contributed by atoms with van der Waals surface area (Å²) in [5, 5.41) is 2.33. The van der Waals surface area contributed by atoms with Gasteiger partial charge in [-0.05, 0) is 23.8 Å².